The lowest BCUT2D eigenvalue weighted by Gasteiger charge is -2.29. The van der Waals surface area contributed by atoms with Crippen LogP contribution in [0, 0.1) is 0 Å². The van der Waals surface area contributed by atoms with Crippen molar-refractivity contribution in [3.8, 4) is 22.3 Å². The third-order valence-corrected chi connectivity index (χ3v) is 9.66. The van der Waals surface area contributed by atoms with E-state index in [9.17, 15) is 0 Å². The maximum Gasteiger partial charge on any atom is 0.136 e. The summed E-state index contributed by atoms with van der Waals surface area (Å²) in [6, 6.07) is 54.7. The fourth-order valence-corrected chi connectivity index (χ4v) is 7.46. The Morgan fingerprint density at radius 3 is 2.04 bits per heavy atom. The Bertz CT molecular complexity index is 2400. The summed E-state index contributed by atoms with van der Waals surface area (Å²) in [6.45, 7) is 4.68. The van der Waals surface area contributed by atoms with Gasteiger partial charge in [0.05, 0.1) is 5.69 Å². The highest BCUT2D eigenvalue weighted by Crippen LogP contribution is 2.54. The van der Waals surface area contributed by atoms with Gasteiger partial charge in [-0.15, -0.1) is 0 Å². The van der Waals surface area contributed by atoms with Crippen LogP contribution in [0.1, 0.15) is 25.0 Å². The van der Waals surface area contributed by atoms with Crippen LogP contribution >= 0.6 is 0 Å². The van der Waals surface area contributed by atoms with Crippen LogP contribution in [0.15, 0.2) is 156 Å². The SMILES string of the molecule is CC1(C)c2ccccc2-c2c(N(c3ccccc3)c3ccc(-c4cccc5cc6c(cc45)oc4ccccc46)cc3)cccc21. The van der Waals surface area contributed by atoms with E-state index in [0.29, 0.717) is 0 Å². The predicted molar refractivity (Wildman–Crippen MR) is 189 cm³/mol. The molecular weight excluding hydrogens is 546 g/mol. The number of hydrogen-bond donors (Lipinski definition) is 0. The number of furan rings is 1. The van der Waals surface area contributed by atoms with Crippen molar-refractivity contribution in [2.24, 2.45) is 0 Å². The van der Waals surface area contributed by atoms with E-state index < -0.39 is 0 Å². The van der Waals surface area contributed by atoms with Gasteiger partial charge in [-0.25, -0.2) is 0 Å². The minimum Gasteiger partial charge on any atom is -0.456 e. The molecule has 0 amide bonds. The van der Waals surface area contributed by atoms with Gasteiger partial charge in [0.2, 0.25) is 0 Å². The van der Waals surface area contributed by atoms with Gasteiger partial charge < -0.3 is 9.32 Å². The number of para-hydroxylation sites is 2. The van der Waals surface area contributed by atoms with Gasteiger partial charge in [0.15, 0.2) is 0 Å². The second-order valence-electron chi connectivity index (χ2n) is 12.6. The van der Waals surface area contributed by atoms with Crippen LogP contribution in [0.5, 0.6) is 0 Å². The summed E-state index contributed by atoms with van der Waals surface area (Å²) in [5.74, 6) is 0. The Hall–Kier alpha value is -5.60. The Morgan fingerprint density at radius 1 is 0.489 bits per heavy atom. The minimum absolute atomic E-state index is 0.0617. The van der Waals surface area contributed by atoms with Crippen molar-refractivity contribution in [3.05, 3.63) is 163 Å². The lowest BCUT2D eigenvalue weighted by atomic mass is 9.82. The van der Waals surface area contributed by atoms with E-state index in [2.05, 4.69) is 158 Å². The molecule has 0 saturated carbocycles. The van der Waals surface area contributed by atoms with Crippen molar-refractivity contribution in [1.29, 1.82) is 0 Å². The predicted octanol–water partition coefficient (Wildman–Crippen LogP) is 12.2. The highest BCUT2D eigenvalue weighted by Gasteiger charge is 2.37. The van der Waals surface area contributed by atoms with Crippen molar-refractivity contribution in [1.82, 2.24) is 0 Å². The molecule has 0 N–H and O–H groups in total. The maximum atomic E-state index is 6.27. The first-order valence-corrected chi connectivity index (χ1v) is 15.6. The van der Waals surface area contributed by atoms with E-state index in [1.54, 1.807) is 0 Å². The molecule has 0 radical (unpaired) electrons. The molecule has 0 saturated heterocycles. The first-order valence-electron chi connectivity index (χ1n) is 15.6. The number of hydrogen-bond acceptors (Lipinski definition) is 2. The van der Waals surface area contributed by atoms with Crippen LogP contribution in [0.2, 0.25) is 0 Å². The van der Waals surface area contributed by atoms with Gasteiger partial charge in [-0.1, -0.05) is 117 Å². The second kappa shape index (κ2) is 9.70. The first-order chi connectivity index (χ1) is 22.1. The van der Waals surface area contributed by atoms with Crippen LogP contribution in [-0.2, 0) is 5.41 Å². The molecular formula is C43H31NO. The molecule has 0 unspecified atom stereocenters. The van der Waals surface area contributed by atoms with E-state index in [1.165, 1.54) is 49.8 Å². The average Bonchev–Trinajstić information content (AvgIpc) is 3.56. The highest BCUT2D eigenvalue weighted by molar-refractivity contribution is 6.12. The molecule has 9 rings (SSSR count). The third-order valence-electron chi connectivity index (χ3n) is 9.66. The lowest BCUT2D eigenvalue weighted by molar-refractivity contribution is 0.660. The number of rotatable bonds is 4. The Labute approximate surface area is 262 Å². The highest BCUT2D eigenvalue weighted by atomic mass is 16.3. The fourth-order valence-electron chi connectivity index (χ4n) is 7.46. The normalized spacial score (nSPS) is 13.3. The van der Waals surface area contributed by atoms with E-state index >= 15 is 0 Å². The van der Waals surface area contributed by atoms with Crippen LogP contribution in [0.25, 0.3) is 55.0 Å². The van der Waals surface area contributed by atoms with Crippen molar-refractivity contribution in [2.75, 3.05) is 4.90 Å². The first kappa shape index (κ1) is 25.9. The Balaban J connectivity index is 1.19. The minimum atomic E-state index is -0.0617. The van der Waals surface area contributed by atoms with Gasteiger partial charge in [0.25, 0.3) is 0 Å². The van der Waals surface area contributed by atoms with Gasteiger partial charge in [0.1, 0.15) is 11.2 Å². The molecule has 0 bridgehead atoms. The van der Waals surface area contributed by atoms with Gasteiger partial charge in [-0.05, 0) is 87.1 Å². The van der Waals surface area contributed by atoms with Crippen molar-refractivity contribution >= 4 is 49.8 Å². The summed E-state index contributed by atoms with van der Waals surface area (Å²) in [5, 5.41) is 4.71. The maximum absolute atomic E-state index is 6.27. The van der Waals surface area contributed by atoms with Gasteiger partial charge >= 0.3 is 0 Å². The Kier molecular flexibility index (Phi) is 5.58. The molecule has 0 atom stereocenters. The lowest BCUT2D eigenvalue weighted by Crippen LogP contribution is -2.16. The van der Waals surface area contributed by atoms with Gasteiger partial charge in [-0.3, -0.25) is 0 Å². The topological polar surface area (TPSA) is 16.4 Å². The van der Waals surface area contributed by atoms with Crippen LogP contribution in [0.4, 0.5) is 17.1 Å². The molecule has 1 heterocycles. The van der Waals surface area contributed by atoms with Crippen LogP contribution in [0.3, 0.4) is 0 Å². The summed E-state index contributed by atoms with van der Waals surface area (Å²) in [7, 11) is 0. The average molecular weight is 578 g/mol. The smallest absolute Gasteiger partial charge is 0.136 e. The molecule has 1 aromatic heterocycles. The van der Waals surface area contributed by atoms with Gasteiger partial charge in [-0.2, -0.15) is 0 Å². The molecule has 1 aliphatic carbocycles. The monoisotopic (exact) mass is 577 g/mol. The second-order valence-corrected chi connectivity index (χ2v) is 12.6. The van der Waals surface area contributed by atoms with Crippen LogP contribution in [-0.4, -0.2) is 0 Å². The number of nitrogens with zero attached hydrogens (tertiary/aromatic N) is 1. The number of fused-ring (bicyclic) bond motifs is 7. The molecule has 0 fully saturated rings. The molecule has 2 heteroatoms. The number of benzene rings is 7. The van der Waals surface area contributed by atoms with Crippen molar-refractivity contribution in [2.45, 2.75) is 19.3 Å². The van der Waals surface area contributed by atoms with E-state index in [4.69, 9.17) is 4.42 Å². The van der Waals surface area contributed by atoms with E-state index in [0.717, 1.165) is 33.3 Å². The standard InChI is InChI=1S/C43H31NO/c1-43(2)37-18-8-6-16-34(37)42-38(43)19-11-20-39(42)44(30-13-4-3-5-14-30)31-24-22-28(23-25-31)32-17-10-12-29-26-36-33-15-7-9-21-40(33)45-41(36)27-35(29)32/h3-27H,1-2H3. The van der Waals surface area contributed by atoms with Crippen LogP contribution < -0.4 is 4.90 Å². The molecule has 7 aromatic carbocycles. The molecule has 1 aliphatic rings. The van der Waals surface area contributed by atoms with Crippen molar-refractivity contribution < 1.29 is 4.42 Å². The zero-order valence-electron chi connectivity index (χ0n) is 25.3. The zero-order valence-corrected chi connectivity index (χ0v) is 25.3. The molecule has 8 aromatic rings. The molecule has 2 nitrogen and oxygen atoms in total. The van der Waals surface area contributed by atoms with Crippen molar-refractivity contribution in [3.63, 3.8) is 0 Å². The zero-order chi connectivity index (χ0) is 30.1. The summed E-state index contributed by atoms with van der Waals surface area (Å²) in [5.41, 5.74) is 13.0. The largest absolute Gasteiger partial charge is 0.456 e. The summed E-state index contributed by atoms with van der Waals surface area (Å²) in [6.07, 6.45) is 0. The summed E-state index contributed by atoms with van der Waals surface area (Å²) in [4.78, 5) is 2.40. The quantitative estimate of drug-likeness (QED) is 0.207. The number of anilines is 3. The summed E-state index contributed by atoms with van der Waals surface area (Å²) < 4.78 is 6.27. The molecule has 214 valence electrons. The molecule has 45 heavy (non-hydrogen) atoms. The van der Waals surface area contributed by atoms with E-state index in [1.807, 2.05) is 12.1 Å². The summed E-state index contributed by atoms with van der Waals surface area (Å²) >= 11 is 0. The Morgan fingerprint density at radius 2 is 1.18 bits per heavy atom. The third kappa shape index (κ3) is 3.89. The van der Waals surface area contributed by atoms with Gasteiger partial charge in [0, 0.05) is 33.1 Å². The molecule has 0 aliphatic heterocycles. The molecule has 0 spiro atoms. The van der Waals surface area contributed by atoms with E-state index in [-0.39, 0.29) is 5.41 Å². The fraction of sp³-hybridized carbons (Fsp3) is 0.0698.